The summed E-state index contributed by atoms with van der Waals surface area (Å²) >= 11 is 0. The van der Waals surface area contributed by atoms with Gasteiger partial charge in [-0.15, -0.1) is 0 Å². The first-order valence-electron chi connectivity index (χ1n) is 8.52. The molecule has 0 aromatic heterocycles. The second kappa shape index (κ2) is 7.16. The average molecular weight is 329 g/mol. The van der Waals surface area contributed by atoms with Crippen molar-refractivity contribution < 1.29 is 4.92 Å². The van der Waals surface area contributed by atoms with Crippen LogP contribution < -0.4 is 4.90 Å². The second-order valence-corrected chi connectivity index (χ2v) is 6.43. The van der Waals surface area contributed by atoms with Crippen LogP contribution in [0.25, 0.3) is 0 Å². The number of likely N-dealkylation sites (N-methyl/N-ethyl adjacent to an activating group) is 1. The van der Waals surface area contributed by atoms with E-state index >= 15 is 0 Å². The van der Waals surface area contributed by atoms with Crippen LogP contribution in [0.1, 0.15) is 18.9 Å². The molecule has 0 aliphatic carbocycles. The van der Waals surface area contributed by atoms with Crippen molar-refractivity contribution in [3.63, 3.8) is 0 Å². The van der Waals surface area contributed by atoms with E-state index in [1.54, 1.807) is 6.07 Å². The summed E-state index contributed by atoms with van der Waals surface area (Å²) in [6.45, 7) is 9.52. The Morgan fingerprint density at radius 3 is 2.67 bits per heavy atom. The minimum atomic E-state index is -0.454. The maximum Gasteiger partial charge on any atom is 0.270 e. The third-order valence-electron chi connectivity index (χ3n) is 5.19. The number of nitrogens with zero attached hydrogens (tertiary/aromatic N) is 5. The molecule has 7 heteroatoms. The van der Waals surface area contributed by atoms with Crippen LogP contribution >= 0.6 is 0 Å². The zero-order chi connectivity index (χ0) is 17.1. The average Bonchev–Trinajstić information content (AvgIpc) is 3.11. The molecule has 0 bridgehead atoms. The van der Waals surface area contributed by atoms with Crippen molar-refractivity contribution in [3.8, 4) is 6.07 Å². The van der Waals surface area contributed by atoms with Crippen LogP contribution in [0.4, 0.5) is 11.4 Å². The van der Waals surface area contributed by atoms with Crippen LogP contribution in [0.3, 0.4) is 0 Å². The molecule has 3 rings (SSSR count). The Bertz CT molecular complexity index is 649. The number of anilines is 1. The molecule has 2 fully saturated rings. The summed E-state index contributed by atoms with van der Waals surface area (Å²) < 4.78 is 0. The van der Waals surface area contributed by atoms with Gasteiger partial charge < -0.3 is 9.80 Å². The molecule has 128 valence electrons. The minimum absolute atomic E-state index is 0.0262. The van der Waals surface area contributed by atoms with Gasteiger partial charge in [-0.05, 0) is 19.0 Å². The lowest BCUT2D eigenvalue weighted by Gasteiger charge is -2.37. The zero-order valence-corrected chi connectivity index (χ0v) is 14.0. The number of hydrogen-bond acceptors (Lipinski definition) is 6. The first kappa shape index (κ1) is 16.7. The van der Waals surface area contributed by atoms with Crippen molar-refractivity contribution in [2.45, 2.75) is 19.4 Å². The largest absolute Gasteiger partial charge is 0.369 e. The minimum Gasteiger partial charge on any atom is -0.369 e. The van der Waals surface area contributed by atoms with Gasteiger partial charge in [-0.2, -0.15) is 5.26 Å². The van der Waals surface area contributed by atoms with Crippen molar-refractivity contribution in [3.05, 3.63) is 33.9 Å². The predicted molar refractivity (Wildman–Crippen MR) is 92.1 cm³/mol. The third kappa shape index (κ3) is 3.35. The maximum absolute atomic E-state index is 10.9. The van der Waals surface area contributed by atoms with E-state index < -0.39 is 4.92 Å². The lowest BCUT2D eigenvalue weighted by molar-refractivity contribution is -0.384. The number of non-ortho nitro benzene ring substituents is 1. The molecule has 0 N–H and O–H groups in total. The number of rotatable bonds is 4. The molecule has 2 aliphatic heterocycles. The monoisotopic (exact) mass is 329 g/mol. The fraction of sp³-hybridized carbons (Fsp3) is 0.588. The standard InChI is InChI=1S/C17H23N5O2/c1-2-19-7-9-20(10-8-19)16-5-6-21(13-16)17-4-3-15(22(23)24)11-14(17)12-18/h3-4,11,16H,2,5-10,13H2,1H3. The summed E-state index contributed by atoms with van der Waals surface area (Å²) in [5, 5.41) is 20.2. The van der Waals surface area contributed by atoms with Gasteiger partial charge in [0.1, 0.15) is 6.07 Å². The van der Waals surface area contributed by atoms with Crippen LogP contribution in [0.2, 0.25) is 0 Å². The smallest absolute Gasteiger partial charge is 0.270 e. The summed E-state index contributed by atoms with van der Waals surface area (Å²) in [5.41, 5.74) is 1.18. The van der Waals surface area contributed by atoms with E-state index in [9.17, 15) is 15.4 Å². The molecule has 1 atom stereocenters. The summed E-state index contributed by atoms with van der Waals surface area (Å²) in [5.74, 6) is 0. The molecule has 0 saturated carbocycles. The summed E-state index contributed by atoms with van der Waals surface area (Å²) in [6.07, 6.45) is 1.08. The first-order chi connectivity index (χ1) is 11.6. The summed E-state index contributed by atoms with van der Waals surface area (Å²) in [7, 11) is 0. The van der Waals surface area contributed by atoms with Gasteiger partial charge in [0.15, 0.2) is 0 Å². The van der Waals surface area contributed by atoms with Crippen molar-refractivity contribution in [2.24, 2.45) is 0 Å². The highest BCUT2D eigenvalue weighted by Gasteiger charge is 2.31. The van der Waals surface area contributed by atoms with Crippen molar-refractivity contribution in [2.75, 3.05) is 50.7 Å². The first-order valence-corrected chi connectivity index (χ1v) is 8.52. The van der Waals surface area contributed by atoms with Crippen molar-refractivity contribution in [1.29, 1.82) is 5.26 Å². The van der Waals surface area contributed by atoms with Gasteiger partial charge >= 0.3 is 0 Å². The van der Waals surface area contributed by atoms with E-state index in [1.165, 1.54) is 12.1 Å². The lowest BCUT2D eigenvalue weighted by atomic mass is 10.1. The molecule has 0 spiro atoms. The van der Waals surface area contributed by atoms with Crippen molar-refractivity contribution in [1.82, 2.24) is 9.80 Å². The quantitative estimate of drug-likeness (QED) is 0.618. The molecule has 1 aromatic carbocycles. The van der Waals surface area contributed by atoms with Crippen LogP contribution in [-0.4, -0.2) is 66.6 Å². The number of piperazine rings is 1. The number of nitro benzene ring substituents is 1. The molecule has 1 aromatic rings. The van der Waals surface area contributed by atoms with E-state index in [0.29, 0.717) is 11.6 Å². The van der Waals surface area contributed by atoms with Crippen LogP contribution in [0.15, 0.2) is 18.2 Å². The lowest BCUT2D eigenvalue weighted by Crippen LogP contribution is -2.50. The summed E-state index contributed by atoms with van der Waals surface area (Å²) in [4.78, 5) is 17.6. The maximum atomic E-state index is 10.9. The normalized spacial score (nSPS) is 22.5. The Balaban J connectivity index is 1.68. The van der Waals surface area contributed by atoms with Crippen LogP contribution in [0, 0.1) is 21.4 Å². The van der Waals surface area contributed by atoms with E-state index in [4.69, 9.17) is 0 Å². The molecular weight excluding hydrogens is 306 g/mol. The van der Waals surface area contributed by atoms with Gasteiger partial charge in [0.2, 0.25) is 0 Å². The fourth-order valence-electron chi connectivity index (χ4n) is 3.71. The second-order valence-electron chi connectivity index (χ2n) is 6.43. The Hall–Kier alpha value is -2.17. The Labute approximate surface area is 142 Å². The zero-order valence-electron chi connectivity index (χ0n) is 14.0. The van der Waals surface area contributed by atoms with Gasteiger partial charge in [0.05, 0.1) is 16.2 Å². The van der Waals surface area contributed by atoms with E-state index in [1.807, 2.05) is 0 Å². The molecule has 2 aliphatic rings. The summed E-state index contributed by atoms with van der Waals surface area (Å²) in [6, 6.07) is 7.20. The van der Waals surface area contributed by atoms with Gasteiger partial charge in [-0.1, -0.05) is 6.92 Å². The number of nitro groups is 1. The highest BCUT2D eigenvalue weighted by molar-refractivity contribution is 5.63. The molecule has 0 amide bonds. The van der Waals surface area contributed by atoms with Crippen molar-refractivity contribution >= 4 is 11.4 Å². The molecule has 2 saturated heterocycles. The van der Waals surface area contributed by atoms with E-state index in [2.05, 4.69) is 27.7 Å². The number of benzene rings is 1. The van der Waals surface area contributed by atoms with Gasteiger partial charge in [0, 0.05) is 57.4 Å². The molecular formula is C17H23N5O2. The molecule has 7 nitrogen and oxygen atoms in total. The third-order valence-corrected chi connectivity index (χ3v) is 5.19. The van der Waals surface area contributed by atoms with E-state index in [-0.39, 0.29) is 5.69 Å². The van der Waals surface area contributed by atoms with Gasteiger partial charge in [-0.25, -0.2) is 0 Å². The molecule has 1 unspecified atom stereocenters. The fourth-order valence-corrected chi connectivity index (χ4v) is 3.71. The van der Waals surface area contributed by atoms with Crippen LogP contribution in [-0.2, 0) is 0 Å². The molecule has 0 radical (unpaired) electrons. The topological polar surface area (TPSA) is 76.7 Å². The Kier molecular flexibility index (Phi) is 4.97. The number of hydrogen-bond donors (Lipinski definition) is 0. The molecule has 2 heterocycles. The number of nitriles is 1. The SMILES string of the molecule is CCN1CCN(C2CCN(c3ccc([N+](=O)[O-])cc3C#N)C2)CC1. The van der Waals surface area contributed by atoms with E-state index in [0.717, 1.165) is 57.9 Å². The highest BCUT2D eigenvalue weighted by atomic mass is 16.6. The van der Waals surface area contributed by atoms with Crippen LogP contribution in [0.5, 0.6) is 0 Å². The Morgan fingerprint density at radius 1 is 1.29 bits per heavy atom. The van der Waals surface area contributed by atoms with Gasteiger partial charge in [0.25, 0.3) is 5.69 Å². The highest BCUT2D eigenvalue weighted by Crippen LogP contribution is 2.29. The Morgan fingerprint density at radius 2 is 2.04 bits per heavy atom. The predicted octanol–water partition coefficient (Wildman–Crippen LogP) is 1.68. The van der Waals surface area contributed by atoms with Gasteiger partial charge in [-0.3, -0.25) is 15.0 Å². The molecule has 24 heavy (non-hydrogen) atoms.